The molecule has 3 heterocycles. The first-order valence-corrected chi connectivity index (χ1v) is 8.86. The lowest BCUT2D eigenvalue weighted by Crippen LogP contribution is -2.58. The van der Waals surface area contributed by atoms with Crippen molar-refractivity contribution >= 4 is 36.5 Å². The van der Waals surface area contributed by atoms with Crippen LogP contribution >= 0.6 is 11.6 Å². The number of aromatic nitrogens is 1. The summed E-state index contributed by atoms with van der Waals surface area (Å²) in [6, 6.07) is 4.44. The zero-order chi connectivity index (χ0) is 18.1. The van der Waals surface area contributed by atoms with Gasteiger partial charge in [0.1, 0.15) is 19.5 Å². The van der Waals surface area contributed by atoms with Gasteiger partial charge in [-0.2, -0.15) is 0 Å². The van der Waals surface area contributed by atoms with Gasteiger partial charge in [-0.3, -0.25) is 0 Å². The van der Waals surface area contributed by atoms with Crippen molar-refractivity contribution in [3.8, 4) is 0 Å². The summed E-state index contributed by atoms with van der Waals surface area (Å²) in [6.07, 6.45) is 3.04. The number of hydrogen-bond donors (Lipinski definition) is 0. The Labute approximate surface area is 155 Å². The molecule has 26 heavy (non-hydrogen) atoms. The third-order valence-electron chi connectivity index (χ3n) is 5.36. The average molecular weight is 371 g/mol. The smallest absolute Gasteiger partial charge is 0.168 e. The first-order valence-electron chi connectivity index (χ1n) is 8.49. The largest absolute Gasteiger partial charge is 0.350 e. The third kappa shape index (κ3) is 2.33. The molecule has 0 N–H and O–H groups in total. The molecule has 1 aromatic heterocycles. The van der Waals surface area contributed by atoms with Crippen molar-refractivity contribution in [2.24, 2.45) is 4.99 Å². The van der Waals surface area contributed by atoms with Gasteiger partial charge in [0.25, 0.3) is 0 Å². The van der Waals surface area contributed by atoms with Crippen molar-refractivity contribution < 1.29 is 8.78 Å². The highest BCUT2D eigenvalue weighted by Gasteiger charge is 2.53. The van der Waals surface area contributed by atoms with E-state index in [2.05, 4.69) is 14.9 Å². The number of pyridine rings is 1. The van der Waals surface area contributed by atoms with Crippen molar-refractivity contribution in [1.29, 1.82) is 0 Å². The third-order valence-corrected chi connectivity index (χ3v) is 5.66. The van der Waals surface area contributed by atoms with E-state index in [1.807, 2.05) is 11.0 Å². The zero-order valence-corrected chi connectivity index (χ0v) is 14.6. The number of nitrogens with zero attached hydrogens (tertiary/aromatic N) is 4. The molecule has 1 saturated heterocycles. The van der Waals surface area contributed by atoms with E-state index < -0.39 is 11.6 Å². The summed E-state index contributed by atoms with van der Waals surface area (Å²) in [6.45, 7) is 1.89. The molecule has 3 aliphatic rings. The minimum absolute atomic E-state index is 0.0952. The van der Waals surface area contributed by atoms with Crippen LogP contribution in [-0.4, -0.2) is 42.9 Å². The summed E-state index contributed by atoms with van der Waals surface area (Å²) >= 11 is 6.37. The van der Waals surface area contributed by atoms with Crippen LogP contribution < -0.4 is 20.9 Å². The van der Waals surface area contributed by atoms with Crippen LogP contribution in [0.5, 0.6) is 0 Å². The predicted octanol–water partition coefficient (Wildman–Crippen LogP) is 0.861. The normalized spacial score (nSPS) is 19.9. The molecule has 2 aliphatic heterocycles. The summed E-state index contributed by atoms with van der Waals surface area (Å²) in [5, 5.41) is 2.36. The molecular formula is C18H14BClF2N4. The molecule has 5 rings (SSSR count). The van der Waals surface area contributed by atoms with Gasteiger partial charge in [-0.15, -0.1) is 0 Å². The first-order chi connectivity index (χ1) is 12.5. The van der Waals surface area contributed by atoms with Crippen molar-refractivity contribution in [2.45, 2.75) is 18.4 Å². The Morgan fingerprint density at radius 2 is 1.96 bits per heavy atom. The fourth-order valence-corrected chi connectivity index (χ4v) is 4.24. The van der Waals surface area contributed by atoms with Gasteiger partial charge in [-0.05, 0) is 25.0 Å². The number of hydrogen-bond acceptors (Lipinski definition) is 4. The van der Waals surface area contributed by atoms with Crippen LogP contribution in [0.15, 0.2) is 29.4 Å². The number of rotatable bonds is 2. The van der Waals surface area contributed by atoms with E-state index in [9.17, 15) is 8.78 Å². The first kappa shape index (κ1) is 16.1. The molecule has 2 aromatic rings. The summed E-state index contributed by atoms with van der Waals surface area (Å²) in [5.41, 5.74) is 0.502. The molecule has 1 spiro atoms. The van der Waals surface area contributed by atoms with Crippen LogP contribution in [0.4, 0.5) is 14.6 Å². The Kier molecular flexibility index (Phi) is 3.35. The van der Waals surface area contributed by atoms with Gasteiger partial charge < -0.3 is 9.80 Å². The van der Waals surface area contributed by atoms with Crippen molar-refractivity contribution in [2.75, 3.05) is 24.5 Å². The number of piperazine rings is 1. The van der Waals surface area contributed by atoms with Gasteiger partial charge in [0, 0.05) is 25.7 Å². The van der Waals surface area contributed by atoms with E-state index in [0.717, 1.165) is 41.5 Å². The van der Waals surface area contributed by atoms with Crippen LogP contribution in [0.25, 0.3) is 5.82 Å². The minimum Gasteiger partial charge on any atom is -0.350 e. The maximum Gasteiger partial charge on any atom is 0.168 e. The van der Waals surface area contributed by atoms with Crippen LogP contribution in [0.3, 0.4) is 0 Å². The molecule has 2 radical (unpaired) electrons. The van der Waals surface area contributed by atoms with Gasteiger partial charge in [-0.25, -0.2) is 18.8 Å². The van der Waals surface area contributed by atoms with E-state index >= 15 is 0 Å². The van der Waals surface area contributed by atoms with Crippen LogP contribution in [-0.2, 0) is 0 Å². The van der Waals surface area contributed by atoms with Gasteiger partial charge >= 0.3 is 0 Å². The van der Waals surface area contributed by atoms with E-state index in [0.29, 0.717) is 30.1 Å². The van der Waals surface area contributed by atoms with Gasteiger partial charge in [0.15, 0.2) is 11.6 Å². The SMILES string of the molecule is [B]c1cc(Cl)c2c(c1)=NC=2N1CCN(c2ncc(F)cc2F)CC12CC2. The number of fused-ring (bicyclic) bond motifs is 1. The molecule has 1 saturated carbocycles. The highest BCUT2D eigenvalue weighted by atomic mass is 35.5. The van der Waals surface area contributed by atoms with E-state index in [4.69, 9.17) is 19.4 Å². The number of anilines is 1. The van der Waals surface area contributed by atoms with Crippen LogP contribution in [0, 0.1) is 11.6 Å². The summed E-state index contributed by atoms with van der Waals surface area (Å²) in [5.74, 6) is -0.201. The van der Waals surface area contributed by atoms with Crippen molar-refractivity contribution in [3.05, 3.63) is 51.6 Å². The second-order valence-corrected chi connectivity index (χ2v) is 7.50. The fourth-order valence-electron chi connectivity index (χ4n) is 3.94. The maximum atomic E-state index is 14.1. The summed E-state index contributed by atoms with van der Waals surface area (Å²) in [4.78, 5) is 12.7. The molecule has 0 unspecified atom stereocenters. The number of benzene rings is 1. The Hall–Kier alpha value is -2.15. The van der Waals surface area contributed by atoms with Crippen LogP contribution in [0.1, 0.15) is 12.8 Å². The second kappa shape index (κ2) is 5.43. The highest BCUT2D eigenvalue weighted by molar-refractivity contribution is 6.36. The van der Waals surface area contributed by atoms with E-state index in [-0.39, 0.29) is 11.4 Å². The lowest BCUT2D eigenvalue weighted by molar-refractivity contribution is 0.234. The molecule has 1 aromatic carbocycles. The van der Waals surface area contributed by atoms with Crippen molar-refractivity contribution in [1.82, 2.24) is 9.88 Å². The highest BCUT2D eigenvalue weighted by Crippen LogP contribution is 2.47. The number of halogens is 3. The fraction of sp³-hybridized carbons (Fsp3) is 0.333. The Morgan fingerprint density at radius 1 is 1.15 bits per heavy atom. The molecule has 0 bridgehead atoms. The van der Waals surface area contributed by atoms with Crippen LogP contribution in [0.2, 0.25) is 5.02 Å². The van der Waals surface area contributed by atoms with E-state index in [1.165, 1.54) is 0 Å². The molecular weight excluding hydrogens is 356 g/mol. The molecule has 0 atom stereocenters. The summed E-state index contributed by atoms with van der Waals surface area (Å²) < 4.78 is 27.3. The van der Waals surface area contributed by atoms with Gasteiger partial charge in [0.05, 0.1) is 27.3 Å². The van der Waals surface area contributed by atoms with Gasteiger partial charge in [-0.1, -0.05) is 17.1 Å². The molecule has 130 valence electrons. The van der Waals surface area contributed by atoms with Crippen molar-refractivity contribution in [3.63, 3.8) is 0 Å². The maximum absolute atomic E-state index is 14.1. The lowest BCUT2D eigenvalue weighted by atomic mass is 9.94. The molecule has 0 amide bonds. The molecule has 8 heteroatoms. The molecule has 1 aliphatic carbocycles. The Morgan fingerprint density at radius 3 is 2.65 bits per heavy atom. The minimum atomic E-state index is -0.666. The average Bonchev–Trinajstić information content (AvgIpc) is 3.30. The Balaban J connectivity index is 1.47. The zero-order valence-electron chi connectivity index (χ0n) is 13.8. The summed E-state index contributed by atoms with van der Waals surface area (Å²) in [7, 11) is 5.82. The van der Waals surface area contributed by atoms with E-state index in [1.54, 1.807) is 6.07 Å². The Bertz CT molecular complexity index is 1050. The lowest BCUT2D eigenvalue weighted by Gasteiger charge is -2.44. The standard InChI is InChI=1S/C18H14BClF2N4/c19-10-5-12(20)15-14(6-10)24-17(15)26-4-3-25(9-18(26)1-2-18)16-13(22)7-11(21)8-23-16/h5-8H,1-4,9H2. The topological polar surface area (TPSA) is 31.7 Å². The molecule has 4 nitrogen and oxygen atoms in total. The molecule has 2 fully saturated rings. The quantitative estimate of drug-likeness (QED) is 0.735. The van der Waals surface area contributed by atoms with Gasteiger partial charge in [0.2, 0.25) is 0 Å². The second-order valence-electron chi connectivity index (χ2n) is 7.09. The monoisotopic (exact) mass is 370 g/mol. The predicted molar refractivity (Wildman–Crippen MR) is 96.1 cm³/mol.